The summed E-state index contributed by atoms with van der Waals surface area (Å²) in [5.74, 6) is 0. The van der Waals surface area contributed by atoms with Gasteiger partial charge in [-0.25, -0.2) is 0 Å². The van der Waals surface area contributed by atoms with Gasteiger partial charge in [0.05, 0.1) is 18.8 Å². The molecule has 1 unspecified atom stereocenters. The number of aliphatic hydroxyl groups excluding tert-OH is 1. The zero-order valence-corrected chi connectivity index (χ0v) is 9.59. The van der Waals surface area contributed by atoms with E-state index in [-0.39, 0.29) is 0 Å². The first kappa shape index (κ1) is 10.9. The summed E-state index contributed by atoms with van der Waals surface area (Å²) in [7, 11) is 0. The van der Waals surface area contributed by atoms with E-state index in [0.29, 0.717) is 6.54 Å². The Kier molecular flexibility index (Phi) is 3.06. The first-order chi connectivity index (χ1) is 7.65. The fraction of sp³-hybridized carbons (Fsp3) is 0.308. The minimum atomic E-state index is -0.501. The van der Waals surface area contributed by atoms with Crippen LogP contribution in [-0.2, 0) is 6.54 Å². The second-order valence-corrected chi connectivity index (χ2v) is 4.17. The zero-order valence-electron chi connectivity index (χ0n) is 9.59. The molecule has 0 aliphatic rings. The van der Waals surface area contributed by atoms with Crippen molar-refractivity contribution >= 4 is 0 Å². The maximum atomic E-state index is 10.0. The van der Waals surface area contributed by atoms with Crippen LogP contribution in [0.2, 0.25) is 0 Å². The maximum absolute atomic E-state index is 10.0. The van der Waals surface area contributed by atoms with Crippen LogP contribution < -0.4 is 0 Å². The molecule has 0 saturated carbocycles. The van der Waals surface area contributed by atoms with E-state index in [0.717, 1.165) is 16.7 Å². The number of nitrogens with zero attached hydrogens (tertiary/aromatic N) is 2. The number of hydrogen-bond donors (Lipinski definition) is 1. The van der Waals surface area contributed by atoms with Crippen molar-refractivity contribution in [2.75, 3.05) is 0 Å². The molecule has 1 heterocycles. The quantitative estimate of drug-likeness (QED) is 0.854. The summed E-state index contributed by atoms with van der Waals surface area (Å²) in [4.78, 5) is 0. The van der Waals surface area contributed by atoms with Gasteiger partial charge in [0.25, 0.3) is 0 Å². The molecule has 0 fully saturated rings. The Morgan fingerprint density at radius 1 is 1.31 bits per heavy atom. The van der Waals surface area contributed by atoms with Gasteiger partial charge in [-0.15, -0.1) is 0 Å². The summed E-state index contributed by atoms with van der Waals surface area (Å²) in [5.41, 5.74) is 3.21. The standard InChI is InChI=1S/C13H16N2O/c1-10-4-3-5-12(6-10)13(16)9-15-8-11(2)7-14-15/h3-8,13,16H,9H2,1-2H3. The van der Waals surface area contributed by atoms with Crippen molar-refractivity contribution in [2.24, 2.45) is 0 Å². The van der Waals surface area contributed by atoms with E-state index in [4.69, 9.17) is 0 Å². The highest BCUT2D eigenvalue weighted by Gasteiger charge is 2.08. The maximum Gasteiger partial charge on any atom is 0.0985 e. The number of aromatic nitrogens is 2. The minimum Gasteiger partial charge on any atom is -0.386 e. The third-order valence-corrected chi connectivity index (χ3v) is 2.55. The summed E-state index contributed by atoms with van der Waals surface area (Å²) in [6.45, 7) is 4.51. The zero-order chi connectivity index (χ0) is 11.5. The van der Waals surface area contributed by atoms with Crippen LogP contribution in [0, 0.1) is 13.8 Å². The van der Waals surface area contributed by atoms with Crippen molar-refractivity contribution in [1.82, 2.24) is 9.78 Å². The molecule has 1 N–H and O–H groups in total. The highest BCUT2D eigenvalue weighted by Crippen LogP contribution is 2.16. The van der Waals surface area contributed by atoms with E-state index in [2.05, 4.69) is 5.10 Å². The fourth-order valence-electron chi connectivity index (χ4n) is 1.73. The van der Waals surface area contributed by atoms with Crippen LogP contribution >= 0.6 is 0 Å². The Bertz CT molecular complexity index is 476. The Labute approximate surface area is 95.3 Å². The van der Waals surface area contributed by atoms with E-state index in [1.54, 1.807) is 10.9 Å². The van der Waals surface area contributed by atoms with E-state index in [1.165, 1.54) is 0 Å². The molecule has 84 valence electrons. The Morgan fingerprint density at radius 3 is 2.75 bits per heavy atom. The lowest BCUT2D eigenvalue weighted by atomic mass is 10.1. The Balaban J connectivity index is 2.11. The molecular weight excluding hydrogens is 200 g/mol. The van der Waals surface area contributed by atoms with Gasteiger partial charge < -0.3 is 5.11 Å². The molecule has 3 heteroatoms. The van der Waals surface area contributed by atoms with E-state index >= 15 is 0 Å². The van der Waals surface area contributed by atoms with Crippen LogP contribution in [0.15, 0.2) is 36.7 Å². The number of hydrogen-bond acceptors (Lipinski definition) is 2. The first-order valence-corrected chi connectivity index (χ1v) is 5.39. The topological polar surface area (TPSA) is 38.0 Å². The van der Waals surface area contributed by atoms with E-state index in [9.17, 15) is 5.11 Å². The predicted octanol–water partition coefficient (Wildman–Crippen LogP) is 2.23. The molecule has 0 amide bonds. The molecule has 2 rings (SSSR count). The lowest BCUT2D eigenvalue weighted by Gasteiger charge is -2.11. The molecule has 0 aliphatic carbocycles. The smallest absolute Gasteiger partial charge is 0.0985 e. The highest BCUT2D eigenvalue weighted by molar-refractivity contribution is 5.23. The molecule has 1 aromatic heterocycles. The van der Waals surface area contributed by atoms with Gasteiger partial charge in [0.1, 0.15) is 0 Å². The molecule has 3 nitrogen and oxygen atoms in total. The lowest BCUT2D eigenvalue weighted by Crippen LogP contribution is -2.09. The monoisotopic (exact) mass is 216 g/mol. The minimum absolute atomic E-state index is 0.497. The molecule has 0 radical (unpaired) electrons. The molecule has 0 aliphatic heterocycles. The molecule has 1 aromatic carbocycles. The molecule has 2 aromatic rings. The third kappa shape index (κ3) is 2.49. The van der Waals surface area contributed by atoms with Crippen molar-refractivity contribution in [3.8, 4) is 0 Å². The summed E-state index contributed by atoms with van der Waals surface area (Å²) < 4.78 is 1.77. The summed E-state index contributed by atoms with van der Waals surface area (Å²) in [5, 5.41) is 14.2. The van der Waals surface area contributed by atoms with Crippen LogP contribution in [-0.4, -0.2) is 14.9 Å². The molecule has 1 atom stereocenters. The Morgan fingerprint density at radius 2 is 2.12 bits per heavy atom. The van der Waals surface area contributed by atoms with Gasteiger partial charge in [0, 0.05) is 6.20 Å². The number of aryl methyl sites for hydroxylation is 2. The van der Waals surface area contributed by atoms with Gasteiger partial charge in [-0.05, 0) is 25.0 Å². The van der Waals surface area contributed by atoms with Gasteiger partial charge >= 0.3 is 0 Å². The molecule has 0 bridgehead atoms. The average Bonchev–Trinajstić information content (AvgIpc) is 2.64. The molecular formula is C13H16N2O. The second-order valence-electron chi connectivity index (χ2n) is 4.17. The van der Waals surface area contributed by atoms with Gasteiger partial charge in [0.15, 0.2) is 0 Å². The highest BCUT2D eigenvalue weighted by atomic mass is 16.3. The van der Waals surface area contributed by atoms with Crippen LogP contribution in [0.3, 0.4) is 0 Å². The predicted molar refractivity (Wildman–Crippen MR) is 63.1 cm³/mol. The SMILES string of the molecule is Cc1cccc(C(O)Cn2cc(C)cn2)c1. The number of rotatable bonds is 3. The Hall–Kier alpha value is -1.61. The average molecular weight is 216 g/mol. The van der Waals surface area contributed by atoms with Crippen molar-refractivity contribution < 1.29 is 5.11 Å². The van der Waals surface area contributed by atoms with Crippen molar-refractivity contribution in [2.45, 2.75) is 26.5 Å². The summed E-state index contributed by atoms with van der Waals surface area (Å²) in [6, 6.07) is 7.92. The molecule has 0 saturated heterocycles. The van der Waals surface area contributed by atoms with Gasteiger partial charge in [-0.3, -0.25) is 4.68 Å². The molecule has 0 spiro atoms. The van der Waals surface area contributed by atoms with Crippen molar-refractivity contribution in [3.63, 3.8) is 0 Å². The van der Waals surface area contributed by atoms with Gasteiger partial charge in [0.2, 0.25) is 0 Å². The summed E-state index contributed by atoms with van der Waals surface area (Å²) >= 11 is 0. The van der Waals surface area contributed by atoms with E-state index < -0.39 is 6.10 Å². The normalized spacial score (nSPS) is 12.7. The van der Waals surface area contributed by atoms with Crippen LogP contribution in [0.5, 0.6) is 0 Å². The molecule has 16 heavy (non-hydrogen) atoms. The van der Waals surface area contributed by atoms with Crippen LogP contribution in [0.25, 0.3) is 0 Å². The number of aliphatic hydroxyl groups is 1. The van der Waals surface area contributed by atoms with Crippen molar-refractivity contribution in [1.29, 1.82) is 0 Å². The lowest BCUT2D eigenvalue weighted by molar-refractivity contribution is 0.151. The second kappa shape index (κ2) is 4.49. The van der Waals surface area contributed by atoms with Gasteiger partial charge in [-0.2, -0.15) is 5.10 Å². The third-order valence-electron chi connectivity index (χ3n) is 2.55. The van der Waals surface area contributed by atoms with Crippen LogP contribution in [0.1, 0.15) is 22.8 Å². The largest absolute Gasteiger partial charge is 0.386 e. The first-order valence-electron chi connectivity index (χ1n) is 5.39. The number of benzene rings is 1. The van der Waals surface area contributed by atoms with Gasteiger partial charge in [-0.1, -0.05) is 29.8 Å². The summed E-state index contributed by atoms with van der Waals surface area (Å²) in [6.07, 6.45) is 3.22. The fourth-order valence-corrected chi connectivity index (χ4v) is 1.73. The van der Waals surface area contributed by atoms with E-state index in [1.807, 2.05) is 44.3 Å². The van der Waals surface area contributed by atoms with Crippen molar-refractivity contribution in [3.05, 3.63) is 53.3 Å². The van der Waals surface area contributed by atoms with Crippen LogP contribution in [0.4, 0.5) is 0 Å².